The molecule has 4 N–H and O–H groups in total. The minimum atomic E-state index is -4.22. The summed E-state index contributed by atoms with van der Waals surface area (Å²) < 4.78 is 38.2. The molecular weight excluding hydrogens is 285 g/mol. The summed E-state index contributed by atoms with van der Waals surface area (Å²) in [5.74, 6) is -1.98. The molecule has 0 spiro atoms. The number of rotatable bonds is 4. The van der Waals surface area contributed by atoms with Gasteiger partial charge in [0, 0.05) is 12.1 Å². The van der Waals surface area contributed by atoms with Crippen LogP contribution < -0.4 is 11.5 Å². The Hall–Kier alpha value is -1.38. The van der Waals surface area contributed by atoms with Crippen molar-refractivity contribution in [1.82, 2.24) is 4.31 Å². The van der Waals surface area contributed by atoms with Gasteiger partial charge < -0.3 is 11.5 Å². The molecular formula is C9H11ClFN3O3S. The van der Waals surface area contributed by atoms with E-state index in [0.717, 1.165) is 19.2 Å². The summed E-state index contributed by atoms with van der Waals surface area (Å²) in [5.41, 5.74) is 9.77. The highest BCUT2D eigenvalue weighted by Crippen LogP contribution is 2.26. The number of primary amides is 1. The minimum absolute atomic E-state index is 0.0278. The zero-order valence-corrected chi connectivity index (χ0v) is 10.9. The van der Waals surface area contributed by atoms with E-state index in [1.54, 1.807) is 0 Å². The summed E-state index contributed by atoms with van der Waals surface area (Å²) in [6.07, 6.45) is 0. The minimum Gasteiger partial charge on any atom is -0.396 e. The second kappa shape index (κ2) is 5.09. The number of benzene rings is 1. The van der Waals surface area contributed by atoms with Crippen molar-refractivity contribution < 1.29 is 17.6 Å². The Labute approximate surface area is 108 Å². The van der Waals surface area contributed by atoms with Gasteiger partial charge in [0.2, 0.25) is 15.9 Å². The predicted molar refractivity (Wildman–Crippen MR) is 64.8 cm³/mol. The second-order valence-corrected chi connectivity index (χ2v) is 5.98. The summed E-state index contributed by atoms with van der Waals surface area (Å²) in [6, 6.07) is 2.00. The van der Waals surface area contributed by atoms with Gasteiger partial charge in [0.25, 0.3) is 0 Å². The van der Waals surface area contributed by atoms with Crippen LogP contribution in [0.3, 0.4) is 0 Å². The van der Waals surface area contributed by atoms with Crippen molar-refractivity contribution >= 4 is 33.2 Å². The monoisotopic (exact) mass is 295 g/mol. The van der Waals surface area contributed by atoms with E-state index < -0.39 is 38.9 Å². The molecule has 100 valence electrons. The number of sulfonamides is 1. The zero-order chi connectivity index (χ0) is 14.1. The van der Waals surface area contributed by atoms with Crippen LogP contribution in [0, 0.1) is 5.82 Å². The van der Waals surface area contributed by atoms with Crippen LogP contribution in [0.25, 0.3) is 0 Å². The Morgan fingerprint density at radius 2 is 2.06 bits per heavy atom. The Morgan fingerprint density at radius 1 is 1.50 bits per heavy atom. The first-order valence-electron chi connectivity index (χ1n) is 4.65. The lowest BCUT2D eigenvalue weighted by Gasteiger charge is -2.16. The molecule has 0 bridgehead atoms. The van der Waals surface area contributed by atoms with Gasteiger partial charge in [-0.2, -0.15) is 4.31 Å². The molecule has 1 amide bonds. The quantitative estimate of drug-likeness (QED) is 0.772. The molecule has 1 aromatic carbocycles. The lowest BCUT2D eigenvalue weighted by atomic mass is 10.3. The van der Waals surface area contributed by atoms with E-state index >= 15 is 0 Å². The molecule has 1 rings (SSSR count). The number of carbonyl (C=O) groups is 1. The van der Waals surface area contributed by atoms with Crippen LogP contribution in [-0.4, -0.2) is 32.2 Å². The Kier molecular flexibility index (Phi) is 4.15. The zero-order valence-electron chi connectivity index (χ0n) is 9.35. The van der Waals surface area contributed by atoms with Crippen LogP contribution in [0.5, 0.6) is 0 Å². The number of carbonyl (C=O) groups excluding carboxylic acids is 1. The van der Waals surface area contributed by atoms with Crippen LogP contribution in [0.15, 0.2) is 17.0 Å². The van der Waals surface area contributed by atoms with Crippen molar-refractivity contribution in [3.8, 4) is 0 Å². The maximum Gasteiger partial charge on any atom is 0.246 e. The van der Waals surface area contributed by atoms with Crippen molar-refractivity contribution in [3.05, 3.63) is 23.0 Å². The van der Waals surface area contributed by atoms with Gasteiger partial charge >= 0.3 is 0 Å². The van der Waals surface area contributed by atoms with Gasteiger partial charge in [0.05, 0.1) is 12.2 Å². The van der Waals surface area contributed by atoms with Gasteiger partial charge in [-0.3, -0.25) is 4.79 Å². The van der Waals surface area contributed by atoms with Gasteiger partial charge in [-0.1, -0.05) is 11.6 Å². The molecule has 0 fully saturated rings. The first-order valence-corrected chi connectivity index (χ1v) is 6.47. The average Bonchev–Trinajstić information content (AvgIpc) is 2.22. The third kappa shape index (κ3) is 2.89. The SMILES string of the molecule is CN(CC(N)=O)S(=O)(=O)c1cc(Cl)cc(N)c1F. The lowest BCUT2D eigenvalue weighted by Crippen LogP contribution is -2.35. The van der Waals surface area contributed by atoms with Gasteiger partial charge in [0.15, 0.2) is 5.82 Å². The first kappa shape index (κ1) is 14.7. The molecule has 0 heterocycles. The van der Waals surface area contributed by atoms with Crippen molar-refractivity contribution in [2.75, 3.05) is 19.3 Å². The molecule has 6 nitrogen and oxygen atoms in total. The smallest absolute Gasteiger partial charge is 0.246 e. The summed E-state index contributed by atoms with van der Waals surface area (Å²) in [4.78, 5) is 9.98. The van der Waals surface area contributed by atoms with Crippen LogP contribution in [0.4, 0.5) is 10.1 Å². The van der Waals surface area contributed by atoms with Gasteiger partial charge in [0.1, 0.15) is 4.90 Å². The van der Waals surface area contributed by atoms with E-state index in [2.05, 4.69) is 0 Å². The maximum atomic E-state index is 13.7. The fourth-order valence-corrected chi connectivity index (χ4v) is 2.79. The molecule has 0 saturated heterocycles. The number of nitrogens with zero attached hydrogens (tertiary/aromatic N) is 1. The van der Waals surface area contributed by atoms with Crippen molar-refractivity contribution in [1.29, 1.82) is 0 Å². The third-order valence-electron chi connectivity index (χ3n) is 2.10. The van der Waals surface area contributed by atoms with Crippen LogP contribution in [0.1, 0.15) is 0 Å². The molecule has 0 aliphatic carbocycles. The number of anilines is 1. The Balaban J connectivity index is 3.33. The number of nitrogen functional groups attached to an aromatic ring is 1. The number of amides is 1. The molecule has 18 heavy (non-hydrogen) atoms. The molecule has 0 aliphatic rings. The number of likely N-dealkylation sites (N-methyl/N-ethyl adjacent to an activating group) is 1. The van der Waals surface area contributed by atoms with Crippen LogP contribution in [0.2, 0.25) is 5.02 Å². The third-order valence-corrected chi connectivity index (χ3v) is 4.12. The highest BCUT2D eigenvalue weighted by Gasteiger charge is 2.27. The predicted octanol–water partition coefficient (Wildman–Crippen LogP) is 0.167. The van der Waals surface area contributed by atoms with E-state index in [1.165, 1.54) is 0 Å². The highest BCUT2D eigenvalue weighted by atomic mass is 35.5. The molecule has 0 aromatic heterocycles. The van der Waals surface area contributed by atoms with E-state index in [0.29, 0.717) is 4.31 Å². The maximum absolute atomic E-state index is 13.7. The molecule has 9 heteroatoms. The lowest BCUT2D eigenvalue weighted by molar-refractivity contribution is -0.118. The van der Waals surface area contributed by atoms with E-state index in [1.807, 2.05) is 0 Å². The van der Waals surface area contributed by atoms with E-state index in [4.69, 9.17) is 23.1 Å². The number of halogens is 2. The van der Waals surface area contributed by atoms with Crippen molar-refractivity contribution in [2.45, 2.75) is 4.90 Å². The van der Waals surface area contributed by atoms with Gasteiger partial charge in [-0.05, 0) is 12.1 Å². The average molecular weight is 296 g/mol. The number of hydrogen-bond acceptors (Lipinski definition) is 4. The van der Waals surface area contributed by atoms with Crippen molar-refractivity contribution in [3.63, 3.8) is 0 Å². The molecule has 0 radical (unpaired) electrons. The standard InChI is InChI=1S/C9H11ClFN3O3S/c1-14(4-8(13)15)18(16,17)7-3-5(10)2-6(12)9(7)11/h2-3H,4,12H2,1H3,(H2,13,15). The van der Waals surface area contributed by atoms with Crippen LogP contribution in [-0.2, 0) is 14.8 Å². The summed E-state index contributed by atoms with van der Waals surface area (Å²) in [5, 5.41) is -0.0278. The molecule has 0 unspecified atom stereocenters. The molecule has 1 aromatic rings. The van der Waals surface area contributed by atoms with E-state index in [9.17, 15) is 17.6 Å². The highest BCUT2D eigenvalue weighted by molar-refractivity contribution is 7.89. The largest absolute Gasteiger partial charge is 0.396 e. The second-order valence-electron chi connectivity index (χ2n) is 3.53. The molecule has 0 aliphatic heterocycles. The topological polar surface area (TPSA) is 106 Å². The summed E-state index contributed by atoms with van der Waals surface area (Å²) >= 11 is 5.62. The first-order chi connectivity index (χ1) is 8.16. The summed E-state index contributed by atoms with van der Waals surface area (Å²) in [6.45, 7) is -0.575. The Bertz CT molecular complexity index is 591. The fourth-order valence-electron chi connectivity index (χ4n) is 1.24. The van der Waals surface area contributed by atoms with Crippen LogP contribution >= 0.6 is 11.6 Å². The summed E-state index contributed by atoms with van der Waals surface area (Å²) in [7, 11) is -3.12. The molecule has 0 saturated carbocycles. The normalized spacial score (nSPS) is 11.8. The molecule has 0 atom stereocenters. The fraction of sp³-hybridized carbons (Fsp3) is 0.222. The van der Waals surface area contributed by atoms with Crippen molar-refractivity contribution in [2.24, 2.45) is 5.73 Å². The number of hydrogen-bond donors (Lipinski definition) is 2. The number of nitrogens with two attached hydrogens (primary N) is 2. The Morgan fingerprint density at radius 3 is 2.56 bits per heavy atom. The van der Waals surface area contributed by atoms with Gasteiger partial charge in [-0.15, -0.1) is 0 Å². The van der Waals surface area contributed by atoms with Gasteiger partial charge in [-0.25, -0.2) is 12.8 Å². The van der Waals surface area contributed by atoms with E-state index in [-0.39, 0.29) is 5.02 Å².